The molecule has 1 atom stereocenters. The Kier molecular flexibility index (Phi) is 5.48. The zero-order valence-corrected chi connectivity index (χ0v) is 16.2. The smallest absolute Gasteiger partial charge is 0.229 e. The molecule has 0 aliphatic carbocycles. The predicted octanol–water partition coefficient (Wildman–Crippen LogP) is 3.47. The summed E-state index contributed by atoms with van der Waals surface area (Å²) < 4.78 is 27.2. The molecule has 156 valence electrons. The lowest BCUT2D eigenvalue weighted by molar-refractivity contribution is -0.122. The van der Waals surface area contributed by atoms with E-state index < -0.39 is 23.5 Å². The molecule has 0 aromatic heterocycles. The monoisotopic (exact) mass is 413 g/mol. The molecule has 1 unspecified atom stereocenters. The Morgan fingerprint density at radius 3 is 2.60 bits per heavy atom. The normalized spacial score (nSPS) is 19.3. The van der Waals surface area contributed by atoms with E-state index in [-0.39, 0.29) is 30.5 Å². The van der Waals surface area contributed by atoms with E-state index in [1.54, 1.807) is 23.1 Å². The van der Waals surface area contributed by atoms with Gasteiger partial charge >= 0.3 is 0 Å². The number of hydrogen-bond acceptors (Lipinski definition) is 3. The Balaban J connectivity index is 1.45. The number of anilines is 3. The molecule has 2 aromatic carbocycles. The lowest BCUT2D eigenvalue weighted by Gasteiger charge is -2.27. The van der Waals surface area contributed by atoms with Crippen LogP contribution in [0.4, 0.5) is 25.8 Å². The Hall–Kier alpha value is -3.29. The number of nitrogens with zero attached hydrogens (tertiary/aromatic N) is 2. The summed E-state index contributed by atoms with van der Waals surface area (Å²) >= 11 is 0. The summed E-state index contributed by atoms with van der Waals surface area (Å²) in [7, 11) is 0. The van der Waals surface area contributed by atoms with Gasteiger partial charge < -0.3 is 15.1 Å². The fourth-order valence-electron chi connectivity index (χ4n) is 3.89. The number of carbonyl (C=O) groups excluding carboxylic acids is 3. The number of hydrogen-bond donors (Lipinski definition) is 1. The molecule has 2 aromatic rings. The summed E-state index contributed by atoms with van der Waals surface area (Å²) in [6, 6.07) is 10.0. The largest absolute Gasteiger partial charge is 0.326 e. The molecule has 2 saturated heterocycles. The van der Waals surface area contributed by atoms with Gasteiger partial charge in [0.1, 0.15) is 11.6 Å². The van der Waals surface area contributed by atoms with Gasteiger partial charge in [0, 0.05) is 43.4 Å². The first-order chi connectivity index (χ1) is 14.4. The predicted molar refractivity (Wildman–Crippen MR) is 108 cm³/mol. The van der Waals surface area contributed by atoms with Crippen molar-refractivity contribution in [1.29, 1.82) is 0 Å². The Bertz CT molecular complexity index is 1010. The Labute approximate surface area is 172 Å². The van der Waals surface area contributed by atoms with Gasteiger partial charge in [-0.1, -0.05) is 6.07 Å². The fraction of sp³-hybridized carbons (Fsp3) is 0.318. The molecule has 6 nitrogen and oxygen atoms in total. The minimum atomic E-state index is -0.844. The van der Waals surface area contributed by atoms with Crippen LogP contribution in [0.2, 0.25) is 0 Å². The standard InChI is InChI=1S/C22H21F2N3O3/c23-15-7-8-19(18(24)11-15)27-13-14(10-21(27)29)22(30)25-16-4-3-5-17(12-16)26-9-2-1-6-20(26)28/h3-5,7-8,11-12,14H,1-2,6,9-10,13H2,(H,25,30). The van der Waals surface area contributed by atoms with Crippen LogP contribution in [0, 0.1) is 17.6 Å². The molecule has 4 rings (SSSR count). The summed E-state index contributed by atoms with van der Waals surface area (Å²) in [5.74, 6) is -2.94. The van der Waals surface area contributed by atoms with Crippen LogP contribution in [0.5, 0.6) is 0 Å². The number of nitrogens with one attached hydrogen (secondary N) is 1. The quantitative estimate of drug-likeness (QED) is 0.835. The van der Waals surface area contributed by atoms with Crippen LogP contribution < -0.4 is 15.1 Å². The van der Waals surface area contributed by atoms with Crippen LogP contribution in [-0.2, 0) is 14.4 Å². The van der Waals surface area contributed by atoms with Crippen molar-refractivity contribution in [1.82, 2.24) is 0 Å². The molecule has 1 N–H and O–H groups in total. The lowest BCUT2D eigenvalue weighted by Crippen LogP contribution is -2.35. The number of benzene rings is 2. The summed E-state index contributed by atoms with van der Waals surface area (Å²) in [4.78, 5) is 40.0. The molecule has 0 saturated carbocycles. The second-order valence-electron chi connectivity index (χ2n) is 7.54. The van der Waals surface area contributed by atoms with Gasteiger partial charge in [-0.25, -0.2) is 8.78 Å². The zero-order chi connectivity index (χ0) is 21.3. The van der Waals surface area contributed by atoms with Crippen LogP contribution in [-0.4, -0.2) is 30.8 Å². The first-order valence-electron chi connectivity index (χ1n) is 9.89. The highest BCUT2D eigenvalue weighted by molar-refractivity contribution is 6.04. The van der Waals surface area contributed by atoms with Crippen molar-refractivity contribution in [3.8, 4) is 0 Å². The van der Waals surface area contributed by atoms with E-state index in [4.69, 9.17) is 0 Å². The van der Waals surface area contributed by atoms with Crippen LogP contribution in [0.15, 0.2) is 42.5 Å². The van der Waals surface area contributed by atoms with Crippen molar-refractivity contribution in [2.24, 2.45) is 5.92 Å². The maximum atomic E-state index is 14.0. The highest BCUT2D eigenvalue weighted by Gasteiger charge is 2.36. The maximum absolute atomic E-state index is 14.0. The zero-order valence-electron chi connectivity index (χ0n) is 16.2. The lowest BCUT2D eigenvalue weighted by atomic mass is 10.1. The van der Waals surface area contributed by atoms with Crippen LogP contribution >= 0.6 is 0 Å². The minimum absolute atomic E-state index is 0.0114. The van der Waals surface area contributed by atoms with E-state index in [0.717, 1.165) is 24.6 Å². The van der Waals surface area contributed by atoms with E-state index in [9.17, 15) is 23.2 Å². The van der Waals surface area contributed by atoms with Gasteiger partial charge in [-0.3, -0.25) is 14.4 Å². The summed E-state index contributed by atoms with van der Waals surface area (Å²) in [6.45, 7) is 0.656. The van der Waals surface area contributed by atoms with E-state index >= 15 is 0 Å². The van der Waals surface area contributed by atoms with E-state index in [0.29, 0.717) is 24.7 Å². The number of carbonyl (C=O) groups is 3. The number of piperidine rings is 1. The van der Waals surface area contributed by atoms with Gasteiger partial charge in [-0.15, -0.1) is 0 Å². The molecule has 3 amide bonds. The van der Waals surface area contributed by atoms with Crippen molar-refractivity contribution in [3.05, 3.63) is 54.1 Å². The molecular formula is C22H21F2N3O3. The molecule has 0 bridgehead atoms. The third-order valence-corrected chi connectivity index (χ3v) is 5.45. The first kappa shape index (κ1) is 20.0. The van der Waals surface area contributed by atoms with Crippen molar-refractivity contribution in [2.75, 3.05) is 28.2 Å². The van der Waals surface area contributed by atoms with Gasteiger partial charge in [0.25, 0.3) is 0 Å². The average Bonchev–Trinajstić information content (AvgIpc) is 3.10. The van der Waals surface area contributed by atoms with Crippen molar-refractivity contribution >= 4 is 34.8 Å². The summed E-state index contributed by atoms with van der Waals surface area (Å²) in [6.07, 6.45) is 2.26. The number of rotatable bonds is 4. The van der Waals surface area contributed by atoms with E-state index in [2.05, 4.69) is 5.32 Å². The van der Waals surface area contributed by atoms with Gasteiger partial charge in [0.2, 0.25) is 17.7 Å². The molecule has 2 aliphatic heterocycles. The average molecular weight is 413 g/mol. The molecule has 0 spiro atoms. The van der Waals surface area contributed by atoms with E-state index in [1.807, 2.05) is 6.07 Å². The molecule has 8 heteroatoms. The molecular weight excluding hydrogens is 392 g/mol. The second kappa shape index (κ2) is 8.22. The Morgan fingerprint density at radius 2 is 1.83 bits per heavy atom. The molecule has 2 heterocycles. The Morgan fingerprint density at radius 1 is 1.00 bits per heavy atom. The number of halogens is 2. The van der Waals surface area contributed by atoms with Crippen molar-refractivity contribution in [3.63, 3.8) is 0 Å². The fourth-order valence-corrected chi connectivity index (χ4v) is 3.89. The van der Waals surface area contributed by atoms with Crippen LogP contribution in [0.25, 0.3) is 0 Å². The van der Waals surface area contributed by atoms with E-state index in [1.165, 1.54) is 11.0 Å². The molecule has 0 radical (unpaired) electrons. The molecule has 2 aliphatic rings. The van der Waals surface area contributed by atoms with Gasteiger partial charge in [0.15, 0.2) is 0 Å². The molecule has 30 heavy (non-hydrogen) atoms. The minimum Gasteiger partial charge on any atom is -0.326 e. The number of amides is 3. The highest BCUT2D eigenvalue weighted by Crippen LogP contribution is 2.29. The van der Waals surface area contributed by atoms with Crippen molar-refractivity contribution in [2.45, 2.75) is 25.7 Å². The summed E-state index contributed by atoms with van der Waals surface area (Å²) in [5, 5.41) is 2.78. The first-order valence-corrected chi connectivity index (χ1v) is 9.89. The third kappa shape index (κ3) is 4.03. The molecule has 2 fully saturated rings. The SMILES string of the molecule is O=C(Nc1cccc(N2CCCCC2=O)c1)C1CC(=O)N(c2ccc(F)cc2F)C1. The van der Waals surface area contributed by atoms with Gasteiger partial charge in [-0.2, -0.15) is 0 Å². The maximum Gasteiger partial charge on any atom is 0.229 e. The third-order valence-electron chi connectivity index (χ3n) is 5.45. The van der Waals surface area contributed by atoms with Crippen LogP contribution in [0.1, 0.15) is 25.7 Å². The topological polar surface area (TPSA) is 69.7 Å². The van der Waals surface area contributed by atoms with Gasteiger partial charge in [0.05, 0.1) is 11.6 Å². The summed E-state index contributed by atoms with van der Waals surface area (Å²) in [5.41, 5.74) is 1.20. The van der Waals surface area contributed by atoms with Crippen molar-refractivity contribution < 1.29 is 23.2 Å². The van der Waals surface area contributed by atoms with Crippen LogP contribution in [0.3, 0.4) is 0 Å². The van der Waals surface area contributed by atoms with Gasteiger partial charge in [-0.05, 0) is 43.2 Å². The second-order valence-corrected chi connectivity index (χ2v) is 7.54. The highest BCUT2D eigenvalue weighted by atomic mass is 19.1.